The Hall–Kier alpha value is -5.12. The van der Waals surface area contributed by atoms with E-state index in [1.165, 1.54) is 0 Å². The van der Waals surface area contributed by atoms with Crippen molar-refractivity contribution >= 4 is 0 Å². The number of hydrogen-bond acceptors (Lipinski definition) is 11. The first-order valence-electron chi connectivity index (χ1n) is 22.6. The van der Waals surface area contributed by atoms with Crippen LogP contribution in [-0.2, 0) is 87.0 Å². The zero-order valence-electron chi connectivity index (χ0n) is 37.3. The van der Waals surface area contributed by atoms with Crippen molar-refractivity contribution in [1.29, 1.82) is 0 Å². The molecular formula is C55H60O11. The first-order chi connectivity index (χ1) is 32.6. The van der Waals surface area contributed by atoms with Crippen LogP contribution in [0.2, 0.25) is 0 Å². The van der Waals surface area contributed by atoms with Gasteiger partial charge in [0.2, 0.25) is 0 Å². The second kappa shape index (κ2) is 25.1. The summed E-state index contributed by atoms with van der Waals surface area (Å²) in [5.74, 6) is 0. The van der Waals surface area contributed by atoms with Gasteiger partial charge in [-0.25, -0.2) is 0 Å². The van der Waals surface area contributed by atoms with Gasteiger partial charge in [-0.15, -0.1) is 0 Å². The molecule has 346 valence electrons. The summed E-state index contributed by atoms with van der Waals surface area (Å²) < 4.78 is 66.2. The highest BCUT2D eigenvalue weighted by Crippen LogP contribution is 2.34. The molecular weight excluding hydrogens is 837 g/mol. The molecule has 0 aromatic heterocycles. The van der Waals surface area contributed by atoms with Gasteiger partial charge in [0.15, 0.2) is 12.6 Å². The van der Waals surface area contributed by atoms with Crippen molar-refractivity contribution in [3.8, 4) is 0 Å². The molecule has 6 aromatic carbocycles. The maximum Gasteiger partial charge on any atom is 0.187 e. The summed E-state index contributed by atoms with van der Waals surface area (Å²) in [5.41, 5.74) is 5.84. The highest BCUT2D eigenvalue weighted by molar-refractivity contribution is 5.18. The summed E-state index contributed by atoms with van der Waals surface area (Å²) in [7, 11) is 1.59. The molecule has 0 amide bonds. The minimum Gasteiger partial charge on any atom is -0.387 e. The molecule has 1 N–H and O–H groups in total. The van der Waals surface area contributed by atoms with Crippen LogP contribution in [0, 0.1) is 0 Å². The van der Waals surface area contributed by atoms with Crippen LogP contribution in [0.15, 0.2) is 182 Å². The molecule has 10 atom stereocenters. The lowest BCUT2D eigenvalue weighted by atomic mass is 9.97. The van der Waals surface area contributed by atoms with E-state index >= 15 is 0 Å². The number of hydrogen-bond donors (Lipinski definition) is 1. The molecule has 0 aliphatic carbocycles. The number of benzene rings is 6. The van der Waals surface area contributed by atoms with Gasteiger partial charge >= 0.3 is 0 Å². The smallest absolute Gasteiger partial charge is 0.187 e. The Morgan fingerprint density at radius 3 is 1.09 bits per heavy atom. The lowest BCUT2D eigenvalue weighted by molar-refractivity contribution is -0.348. The fourth-order valence-electron chi connectivity index (χ4n) is 8.19. The third-order valence-corrected chi connectivity index (χ3v) is 11.7. The number of rotatable bonds is 23. The van der Waals surface area contributed by atoms with Crippen molar-refractivity contribution in [2.75, 3.05) is 20.3 Å². The molecule has 11 nitrogen and oxygen atoms in total. The molecule has 2 fully saturated rings. The molecule has 0 saturated carbocycles. The minimum absolute atomic E-state index is 0.0368. The van der Waals surface area contributed by atoms with E-state index in [1.54, 1.807) is 7.11 Å². The molecule has 2 aliphatic rings. The summed E-state index contributed by atoms with van der Waals surface area (Å²) in [5, 5.41) is 12.1. The van der Waals surface area contributed by atoms with E-state index in [2.05, 4.69) is 0 Å². The second-order valence-corrected chi connectivity index (χ2v) is 16.5. The molecule has 66 heavy (non-hydrogen) atoms. The van der Waals surface area contributed by atoms with Crippen LogP contribution < -0.4 is 0 Å². The van der Waals surface area contributed by atoms with Crippen LogP contribution in [0.3, 0.4) is 0 Å². The zero-order valence-corrected chi connectivity index (χ0v) is 37.3. The normalized spacial score (nSPS) is 25.4. The van der Waals surface area contributed by atoms with Crippen LogP contribution in [0.1, 0.15) is 33.4 Å². The lowest BCUT2D eigenvalue weighted by Crippen LogP contribution is -2.63. The molecule has 11 heteroatoms. The average molecular weight is 897 g/mol. The van der Waals surface area contributed by atoms with Gasteiger partial charge in [0, 0.05) is 7.11 Å². The molecule has 2 aliphatic heterocycles. The quantitative estimate of drug-likeness (QED) is 0.0668. The van der Waals surface area contributed by atoms with Gasteiger partial charge in [-0.05, 0) is 33.4 Å². The van der Waals surface area contributed by atoms with E-state index in [1.807, 2.05) is 182 Å². The van der Waals surface area contributed by atoms with E-state index in [9.17, 15) is 5.11 Å². The van der Waals surface area contributed by atoms with Gasteiger partial charge in [0.1, 0.15) is 48.8 Å². The lowest BCUT2D eigenvalue weighted by Gasteiger charge is -2.47. The third kappa shape index (κ3) is 13.5. The molecule has 6 aromatic rings. The molecule has 0 radical (unpaired) electrons. The summed E-state index contributed by atoms with van der Waals surface area (Å²) >= 11 is 0. The van der Waals surface area contributed by atoms with E-state index in [0.717, 1.165) is 33.4 Å². The largest absolute Gasteiger partial charge is 0.387 e. The Bertz CT molecular complexity index is 2220. The maximum atomic E-state index is 12.1. The first kappa shape index (κ1) is 47.4. The molecule has 0 bridgehead atoms. The Kier molecular flexibility index (Phi) is 18.0. The SMILES string of the molecule is CO[C@H]1O[C@H](CO[C@@H]2O[C@H](COCc3ccccc3)[C@H](O)[C@H](OCc3ccccc3)[C@H]2OCc2ccccc2)[C@@H](OCc2ccccc2)[C@H](OCc2ccccc2)[C@H]1OCc1ccccc1. The van der Waals surface area contributed by atoms with Crippen molar-refractivity contribution in [2.45, 2.75) is 101 Å². The fourth-order valence-corrected chi connectivity index (χ4v) is 8.19. The fraction of sp³-hybridized carbons (Fsp3) is 0.345. The topological polar surface area (TPSA) is 113 Å². The zero-order chi connectivity index (χ0) is 45.2. The average Bonchev–Trinajstić information content (AvgIpc) is 3.38. The summed E-state index contributed by atoms with van der Waals surface area (Å²) in [6.07, 6.45) is -8.46. The summed E-state index contributed by atoms with van der Waals surface area (Å²) in [6.45, 7) is 1.65. The summed E-state index contributed by atoms with van der Waals surface area (Å²) in [4.78, 5) is 0. The van der Waals surface area contributed by atoms with Gasteiger partial charge in [-0.3, -0.25) is 0 Å². The highest BCUT2D eigenvalue weighted by atomic mass is 16.7. The van der Waals surface area contributed by atoms with Crippen LogP contribution >= 0.6 is 0 Å². The third-order valence-electron chi connectivity index (χ3n) is 11.7. The van der Waals surface area contributed by atoms with Crippen LogP contribution in [0.4, 0.5) is 0 Å². The number of aliphatic hydroxyl groups excluding tert-OH is 1. The Morgan fingerprint density at radius 1 is 0.348 bits per heavy atom. The Labute approximate surface area is 388 Å². The predicted molar refractivity (Wildman–Crippen MR) is 247 cm³/mol. The van der Waals surface area contributed by atoms with E-state index < -0.39 is 61.4 Å². The minimum atomic E-state index is -1.13. The maximum absolute atomic E-state index is 12.1. The van der Waals surface area contributed by atoms with Crippen molar-refractivity contribution in [2.24, 2.45) is 0 Å². The highest BCUT2D eigenvalue weighted by Gasteiger charge is 2.51. The van der Waals surface area contributed by atoms with Gasteiger partial charge in [-0.1, -0.05) is 182 Å². The van der Waals surface area contributed by atoms with E-state index in [-0.39, 0.29) is 39.6 Å². The molecule has 0 spiro atoms. The van der Waals surface area contributed by atoms with Crippen LogP contribution in [-0.4, -0.2) is 86.8 Å². The predicted octanol–water partition coefficient (Wildman–Crippen LogP) is 8.60. The van der Waals surface area contributed by atoms with E-state index in [0.29, 0.717) is 13.2 Å². The standard InChI is InChI=1S/C55H60O11/c1-57-54-53(63-37-45-30-18-7-19-31-45)51(61-35-43-26-14-5-15-27-43)49(59-33-41-22-10-3-11-23-41)47(66-54)39-64-55-52(62-36-44-28-16-6-17-29-44)50(60-34-42-24-12-4-13-25-42)48(56)46(65-55)38-58-32-40-20-8-2-9-21-40/h2-31,46-56H,32-39H2,1H3/t46-,47-,48+,49-,50+,51+,52-,53-,54+,55-/m1/s1. The monoisotopic (exact) mass is 896 g/mol. The van der Waals surface area contributed by atoms with Crippen molar-refractivity contribution < 1.29 is 52.5 Å². The molecule has 0 unspecified atom stereocenters. The molecule has 8 rings (SSSR count). The van der Waals surface area contributed by atoms with Crippen molar-refractivity contribution in [1.82, 2.24) is 0 Å². The molecule has 2 saturated heterocycles. The Balaban J connectivity index is 1.09. The Morgan fingerprint density at radius 2 is 0.682 bits per heavy atom. The van der Waals surface area contributed by atoms with Gasteiger partial charge in [0.05, 0.1) is 52.9 Å². The van der Waals surface area contributed by atoms with Gasteiger partial charge < -0.3 is 52.5 Å². The van der Waals surface area contributed by atoms with Crippen LogP contribution in [0.25, 0.3) is 0 Å². The van der Waals surface area contributed by atoms with Gasteiger partial charge in [0.25, 0.3) is 0 Å². The van der Waals surface area contributed by atoms with Gasteiger partial charge in [-0.2, -0.15) is 0 Å². The number of methoxy groups -OCH3 is 1. The van der Waals surface area contributed by atoms with Crippen molar-refractivity contribution in [3.63, 3.8) is 0 Å². The first-order valence-corrected chi connectivity index (χ1v) is 22.6. The number of ether oxygens (including phenoxy) is 10. The molecule has 2 heterocycles. The van der Waals surface area contributed by atoms with Crippen LogP contribution in [0.5, 0.6) is 0 Å². The van der Waals surface area contributed by atoms with Crippen molar-refractivity contribution in [3.05, 3.63) is 215 Å². The summed E-state index contributed by atoms with van der Waals surface area (Å²) in [6, 6.07) is 59.4. The number of aliphatic hydroxyl groups is 1. The van der Waals surface area contributed by atoms with E-state index in [4.69, 9.17) is 47.4 Å². The second-order valence-electron chi connectivity index (χ2n) is 16.5.